The largest absolute Gasteiger partial charge is 0.335 e. The van der Waals surface area contributed by atoms with Crippen LogP contribution in [-0.2, 0) is 0 Å². The summed E-state index contributed by atoms with van der Waals surface area (Å²) in [5, 5.41) is 6.89. The first-order valence-electron chi connectivity index (χ1n) is 9.27. The molecule has 2 amide bonds. The summed E-state index contributed by atoms with van der Waals surface area (Å²) >= 11 is 0. The first-order valence-corrected chi connectivity index (χ1v) is 9.27. The van der Waals surface area contributed by atoms with Gasteiger partial charge in [-0.15, -0.1) is 0 Å². The van der Waals surface area contributed by atoms with E-state index in [1.54, 1.807) is 0 Å². The zero-order valence-corrected chi connectivity index (χ0v) is 14.0. The van der Waals surface area contributed by atoms with Crippen LogP contribution in [0.3, 0.4) is 0 Å². The molecule has 1 aromatic rings. The molecule has 3 fully saturated rings. The number of halogens is 1. The van der Waals surface area contributed by atoms with Crippen molar-refractivity contribution < 1.29 is 9.18 Å². The number of hydrogen-bond donors (Lipinski definition) is 2. The average Bonchev–Trinajstić information content (AvgIpc) is 2.94. The molecule has 0 radical (unpaired) electrons. The van der Waals surface area contributed by atoms with Crippen LogP contribution >= 0.6 is 0 Å². The van der Waals surface area contributed by atoms with Gasteiger partial charge >= 0.3 is 6.03 Å². The summed E-state index contributed by atoms with van der Waals surface area (Å²) in [7, 11) is 0. The number of rotatable bonds is 2. The number of fused-ring (bicyclic) bond motifs is 2. The van der Waals surface area contributed by atoms with Crippen molar-refractivity contribution in [3.8, 4) is 0 Å². The third kappa shape index (κ3) is 3.27. The third-order valence-electron chi connectivity index (χ3n) is 5.82. The Labute approximate surface area is 142 Å². The van der Waals surface area contributed by atoms with Gasteiger partial charge in [0.25, 0.3) is 0 Å². The molecule has 1 aromatic carbocycles. The van der Waals surface area contributed by atoms with E-state index in [0.29, 0.717) is 12.1 Å². The molecule has 2 N–H and O–H groups in total. The van der Waals surface area contributed by atoms with Crippen LogP contribution in [0.25, 0.3) is 0 Å². The normalized spacial score (nSPS) is 32.6. The van der Waals surface area contributed by atoms with Crippen molar-refractivity contribution in [1.29, 1.82) is 0 Å². The second kappa shape index (κ2) is 6.71. The van der Waals surface area contributed by atoms with Crippen molar-refractivity contribution in [2.45, 2.75) is 69.1 Å². The highest BCUT2D eigenvalue weighted by molar-refractivity contribution is 5.75. The highest BCUT2D eigenvalue weighted by Crippen LogP contribution is 2.32. The van der Waals surface area contributed by atoms with E-state index in [1.807, 2.05) is 17.0 Å². The van der Waals surface area contributed by atoms with Crippen LogP contribution in [0.1, 0.15) is 56.6 Å². The van der Waals surface area contributed by atoms with Gasteiger partial charge in [0, 0.05) is 24.7 Å². The molecule has 0 spiro atoms. The SMILES string of the molecule is O=C(NC1CC2CCC(C1)N2)N1CCCCC1c1ccc(F)cc1. The molecular formula is C19H26FN3O. The number of nitrogens with one attached hydrogen (secondary N) is 2. The van der Waals surface area contributed by atoms with Crippen molar-refractivity contribution >= 4 is 6.03 Å². The molecule has 3 atom stereocenters. The monoisotopic (exact) mass is 331 g/mol. The van der Waals surface area contributed by atoms with E-state index in [1.165, 1.54) is 25.0 Å². The first-order chi connectivity index (χ1) is 11.7. The Hall–Kier alpha value is -1.62. The van der Waals surface area contributed by atoms with Gasteiger partial charge in [0.2, 0.25) is 0 Å². The number of carbonyl (C=O) groups excluding carboxylic acids is 1. The lowest BCUT2D eigenvalue weighted by molar-refractivity contribution is 0.145. The molecule has 4 nitrogen and oxygen atoms in total. The summed E-state index contributed by atoms with van der Waals surface area (Å²) in [6.07, 6.45) is 7.66. The third-order valence-corrected chi connectivity index (χ3v) is 5.82. The Morgan fingerprint density at radius 1 is 1.08 bits per heavy atom. The van der Waals surface area contributed by atoms with Crippen LogP contribution in [-0.4, -0.2) is 35.6 Å². The summed E-state index contributed by atoms with van der Waals surface area (Å²) in [5.41, 5.74) is 1.04. The lowest BCUT2D eigenvalue weighted by atomic mass is 9.95. The van der Waals surface area contributed by atoms with Gasteiger partial charge in [-0.1, -0.05) is 12.1 Å². The summed E-state index contributed by atoms with van der Waals surface area (Å²) in [4.78, 5) is 14.8. The van der Waals surface area contributed by atoms with E-state index in [9.17, 15) is 9.18 Å². The zero-order chi connectivity index (χ0) is 16.5. The second-order valence-electron chi connectivity index (χ2n) is 7.51. The maximum atomic E-state index is 13.2. The fourth-order valence-corrected chi connectivity index (χ4v) is 4.64. The van der Waals surface area contributed by atoms with Crippen molar-refractivity contribution in [1.82, 2.24) is 15.5 Å². The summed E-state index contributed by atoms with van der Waals surface area (Å²) in [5.74, 6) is -0.226. The molecule has 4 rings (SSSR count). The van der Waals surface area contributed by atoms with Gasteiger partial charge in [-0.05, 0) is 62.6 Å². The lowest BCUT2D eigenvalue weighted by Crippen LogP contribution is -2.52. The molecule has 0 saturated carbocycles. The van der Waals surface area contributed by atoms with Crippen molar-refractivity contribution in [3.63, 3.8) is 0 Å². The summed E-state index contributed by atoms with van der Waals surface area (Å²) in [6.45, 7) is 0.783. The van der Waals surface area contributed by atoms with E-state index >= 15 is 0 Å². The number of piperidine rings is 2. The minimum absolute atomic E-state index is 0.0512. The molecule has 3 aliphatic rings. The van der Waals surface area contributed by atoms with Gasteiger partial charge in [-0.25, -0.2) is 9.18 Å². The molecule has 24 heavy (non-hydrogen) atoms. The molecule has 5 heteroatoms. The minimum atomic E-state index is -0.226. The Bertz CT molecular complexity index is 579. The number of carbonyl (C=O) groups is 1. The average molecular weight is 331 g/mol. The van der Waals surface area contributed by atoms with Gasteiger partial charge in [-0.3, -0.25) is 0 Å². The van der Waals surface area contributed by atoms with Crippen LogP contribution in [0.4, 0.5) is 9.18 Å². The number of benzene rings is 1. The molecule has 3 saturated heterocycles. The number of amides is 2. The van der Waals surface area contributed by atoms with Crippen LogP contribution in [0.15, 0.2) is 24.3 Å². The molecule has 0 aliphatic carbocycles. The van der Waals surface area contributed by atoms with Gasteiger partial charge < -0.3 is 15.5 Å². The quantitative estimate of drug-likeness (QED) is 0.873. The van der Waals surface area contributed by atoms with Crippen molar-refractivity contribution in [2.24, 2.45) is 0 Å². The van der Waals surface area contributed by atoms with Gasteiger partial charge in [-0.2, -0.15) is 0 Å². The highest BCUT2D eigenvalue weighted by atomic mass is 19.1. The Kier molecular flexibility index (Phi) is 4.44. The van der Waals surface area contributed by atoms with Gasteiger partial charge in [0.15, 0.2) is 0 Å². The zero-order valence-electron chi connectivity index (χ0n) is 14.0. The smallest absolute Gasteiger partial charge is 0.318 e. The maximum absolute atomic E-state index is 13.2. The highest BCUT2D eigenvalue weighted by Gasteiger charge is 2.36. The van der Waals surface area contributed by atoms with E-state index in [-0.39, 0.29) is 23.9 Å². The van der Waals surface area contributed by atoms with Crippen LogP contribution < -0.4 is 10.6 Å². The molecule has 3 heterocycles. The predicted molar refractivity (Wildman–Crippen MR) is 91.2 cm³/mol. The predicted octanol–water partition coefficient (Wildman–Crippen LogP) is 3.35. The summed E-state index contributed by atoms with van der Waals surface area (Å²) in [6, 6.07) is 8.16. The van der Waals surface area contributed by atoms with E-state index in [2.05, 4.69) is 10.6 Å². The first kappa shape index (κ1) is 15.9. The molecular weight excluding hydrogens is 305 g/mol. The Balaban J connectivity index is 1.44. The number of nitrogens with zero attached hydrogens (tertiary/aromatic N) is 1. The molecule has 3 unspecified atom stereocenters. The van der Waals surface area contributed by atoms with E-state index < -0.39 is 0 Å². The lowest BCUT2D eigenvalue weighted by Gasteiger charge is -2.38. The fourth-order valence-electron chi connectivity index (χ4n) is 4.64. The van der Waals surface area contributed by atoms with Crippen molar-refractivity contribution in [3.05, 3.63) is 35.6 Å². The molecule has 3 aliphatic heterocycles. The van der Waals surface area contributed by atoms with Crippen LogP contribution in [0.2, 0.25) is 0 Å². The topological polar surface area (TPSA) is 44.4 Å². The number of hydrogen-bond acceptors (Lipinski definition) is 2. The number of urea groups is 1. The Morgan fingerprint density at radius 3 is 2.50 bits per heavy atom. The van der Waals surface area contributed by atoms with Crippen LogP contribution in [0.5, 0.6) is 0 Å². The molecule has 2 bridgehead atoms. The Morgan fingerprint density at radius 2 is 1.79 bits per heavy atom. The maximum Gasteiger partial charge on any atom is 0.318 e. The number of likely N-dealkylation sites (tertiary alicyclic amines) is 1. The van der Waals surface area contributed by atoms with Crippen LogP contribution in [0, 0.1) is 5.82 Å². The summed E-state index contributed by atoms with van der Waals surface area (Å²) < 4.78 is 13.2. The van der Waals surface area contributed by atoms with Gasteiger partial charge in [0.1, 0.15) is 5.82 Å². The van der Waals surface area contributed by atoms with E-state index in [0.717, 1.165) is 44.2 Å². The molecule has 0 aromatic heterocycles. The second-order valence-corrected chi connectivity index (χ2v) is 7.51. The minimum Gasteiger partial charge on any atom is -0.335 e. The fraction of sp³-hybridized carbons (Fsp3) is 0.632. The van der Waals surface area contributed by atoms with Gasteiger partial charge in [0.05, 0.1) is 6.04 Å². The van der Waals surface area contributed by atoms with E-state index in [4.69, 9.17) is 0 Å². The standard InChI is InChI=1S/C19H26FN3O/c20-14-6-4-13(5-7-14)18-3-1-2-10-23(18)19(24)22-17-11-15-8-9-16(12-17)21-15/h4-7,15-18,21H,1-3,8-12H2,(H,22,24). The molecule has 130 valence electrons. The van der Waals surface area contributed by atoms with Crippen molar-refractivity contribution in [2.75, 3.05) is 6.54 Å².